The van der Waals surface area contributed by atoms with Gasteiger partial charge >= 0.3 is 18.2 Å². The number of alkyl halides is 3. The van der Waals surface area contributed by atoms with Crippen LogP contribution in [-0.4, -0.2) is 49.1 Å². The molecule has 0 aliphatic rings. The molecular formula is C10H17F3N2O4. The first-order valence-corrected chi connectivity index (χ1v) is 5.51. The molecule has 0 rings (SSSR count). The maximum atomic E-state index is 12.0. The monoisotopic (exact) mass is 286 g/mol. The molecule has 2 unspecified atom stereocenters. The molecular weight excluding hydrogens is 269 g/mol. The van der Waals surface area contributed by atoms with Crippen LogP contribution in [0.15, 0.2) is 0 Å². The summed E-state index contributed by atoms with van der Waals surface area (Å²) in [6.07, 6.45) is -5.56. The lowest BCUT2D eigenvalue weighted by molar-refractivity contribution is -0.140. The van der Waals surface area contributed by atoms with E-state index in [1.54, 1.807) is 0 Å². The maximum Gasteiger partial charge on any atom is 0.391 e. The average molecular weight is 286 g/mol. The van der Waals surface area contributed by atoms with Gasteiger partial charge in [0.2, 0.25) is 0 Å². The fourth-order valence-corrected chi connectivity index (χ4v) is 1.32. The molecule has 19 heavy (non-hydrogen) atoms. The van der Waals surface area contributed by atoms with Crippen LogP contribution in [0.3, 0.4) is 0 Å². The topological polar surface area (TPSA) is 87.7 Å². The van der Waals surface area contributed by atoms with E-state index in [1.165, 1.54) is 14.0 Å². The summed E-state index contributed by atoms with van der Waals surface area (Å²) in [5.41, 5.74) is 0. The molecule has 9 heteroatoms. The largest absolute Gasteiger partial charge is 0.480 e. The van der Waals surface area contributed by atoms with Crippen molar-refractivity contribution >= 4 is 12.0 Å². The van der Waals surface area contributed by atoms with Crippen LogP contribution in [0, 0.1) is 0 Å². The minimum Gasteiger partial charge on any atom is -0.480 e. The molecule has 0 aliphatic heterocycles. The molecule has 0 radical (unpaired) electrons. The van der Waals surface area contributed by atoms with Crippen LogP contribution in [0.4, 0.5) is 18.0 Å². The van der Waals surface area contributed by atoms with Crippen molar-refractivity contribution in [3.05, 3.63) is 0 Å². The number of hydrogen-bond donors (Lipinski definition) is 3. The smallest absolute Gasteiger partial charge is 0.391 e. The minimum atomic E-state index is -4.39. The molecule has 0 aromatic rings. The molecule has 0 aromatic carbocycles. The summed E-state index contributed by atoms with van der Waals surface area (Å²) in [6, 6.07) is -3.31. The predicted octanol–water partition coefficient (Wildman–Crippen LogP) is 1.12. The summed E-state index contributed by atoms with van der Waals surface area (Å²) in [5.74, 6) is -1.28. The van der Waals surface area contributed by atoms with Gasteiger partial charge in [-0.05, 0) is 6.92 Å². The quantitative estimate of drug-likeness (QED) is 0.654. The van der Waals surface area contributed by atoms with Gasteiger partial charge < -0.3 is 20.5 Å². The lowest BCUT2D eigenvalue weighted by Gasteiger charge is -2.19. The highest BCUT2D eigenvalue weighted by atomic mass is 19.4. The van der Waals surface area contributed by atoms with Crippen LogP contribution in [0.25, 0.3) is 0 Å². The second-order valence-corrected chi connectivity index (χ2v) is 4.01. The third-order valence-corrected chi connectivity index (χ3v) is 2.13. The number of methoxy groups -OCH3 is 1. The minimum absolute atomic E-state index is 0.0207. The number of aliphatic carboxylic acids is 1. The number of carbonyl (C=O) groups is 2. The molecule has 0 heterocycles. The highest BCUT2D eigenvalue weighted by Crippen LogP contribution is 2.21. The Balaban J connectivity index is 4.22. The van der Waals surface area contributed by atoms with Crippen molar-refractivity contribution < 1.29 is 32.6 Å². The third kappa shape index (κ3) is 9.11. The van der Waals surface area contributed by atoms with E-state index >= 15 is 0 Å². The Morgan fingerprint density at radius 2 is 1.89 bits per heavy atom. The number of hydrogen-bond acceptors (Lipinski definition) is 3. The van der Waals surface area contributed by atoms with Crippen molar-refractivity contribution in [2.45, 2.75) is 38.0 Å². The van der Waals surface area contributed by atoms with Crippen LogP contribution in [0.1, 0.15) is 19.8 Å². The van der Waals surface area contributed by atoms with Gasteiger partial charge in [0, 0.05) is 26.2 Å². The Bertz CT molecular complexity index is 310. The first-order valence-electron chi connectivity index (χ1n) is 5.51. The number of nitrogens with one attached hydrogen (secondary N) is 2. The van der Waals surface area contributed by atoms with E-state index in [9.17, 15) is 22.8 Å². The van der Waals surface area contributed by atoms with E-state index < -0.39 is 36.7 Å². The van der Waals surface area contributed by atoms with Crippen molar-refractivity contribution in [1.82, 2.24) is 10.6 Å². The van der Waals surface area contributed by atoms with E-state index in [4.69, 9.17) is 5.11 Å². The molecule has 0 bridgehead atoms. The molecule has 0 saturated carbocycles. The lowest BCUT2D eigenvalue weighted by Crippen LogP contribution is -2.49. The summed E-state index contributed by atoms with van der Waals surface area (Å²) in [6.45, 7) is 1.29. The summed E-state index contributed by atoms with van der Waals surface area (Å²) >= 11 is 0. The van der Waals surface area contributed by atoms with Gasteiger partial charge in [0.25, 0.3) is 0 Å². The Labute approximate surface area is 108 Å². The van der Waals surface area contributed by atoms with Crippen LogP contribution in [0.2, 0.25) is 0 Å². The zero-order chi connectivity index (χ0) is 15.1. The van der Waals surface area contributed by atoms with Crippen LogP contribution in [0.5, 0.6) is 0 Å². The van der Waals surface area contributed by atoms with E-state index in [-0.39, 0.29) is 13.0 Å². The normalized spacial score (nSPS) is 14.6. The number of ether oxygens (including phenoxy) is 1. The van der Waals surface area contributed by atoms with Crippen molar-refractivity contribution in [3.8, 4) is 0 Å². The lowest BCUT2D eigenvalue weighted by atomic mass is 10.2. The zero-order valence-corrected chi connectivity index (χ0v) is 10.6. The molecule has 6 nitrogen and oxygen atoms in total. The van der Waals surface area contributed by atoms with Gasteiger partial charge in [-0.25, -0.2) is 9.59 Å². The zero-order valence-electron chi connectivity index (χ0n) is 10.6. The summed E-state index contributed by atoms with van der Waals surface area (Å²) in [4.78, 5) is 22.1. The van der Waals surface area contributed by atoms with E-state index in [1.807, 2.05) is 5.32 Å². The van der Waals surface area contributed by atoms with Crippen LogP contribution < -0.4 is 10.6 Å². The number of carbonyl (C=O) groups excluding carboxylic acids is 1. The van der Waals surface area contributed by atoms with Crippen molar-refractivity contribution in [2.75, 3.05) is 13.7 Å². The van der Waals surface area contributed by atoms with Crippen molar-refractivity contribution in [1.29, 1.82) is 0 Å². The van der Waals surface area contributed by atoms with Gasteiger partial charge in [0.15, 0.2) is 0 Å². The molecule has 0 aromatic heterocycles. The number of carboxylic acids is 1. The van der Waals surface area contributed by atoms with E-state index in [0.29, 0.717) is 0 Å². The highest BCUT2D eigenvalue weighted by Gasteiger charge is 2.31. The standard InChI is InChI=1S/C10H17F3N2O4/c1-6(5-10(11,12)13)14-9(18)15-7(8(16)17)3-4-19-2/h6-7H,3-5H2,1-2H3,(H,16,17)(H2,14,15,18). The predicted molar refractivity (Wildman–Crippen MR) is 59.7 cm³/mol. The van der Waals surface area contributed by atoms with E-state index in [2.05, 4.69) is 10.1 Å². The molecule has 0 spiro atoms. The molecule has 112 valence electrons. The SMILES string of the molecule is COCCC(NC(=O)NC(C)CC(F)(F)F)C(=O)O. The van der Waals surface area contributed by atoms with Crippen LogP contribution in [-0.2, 0) is 9.53 Å². The maximum absolute atomic E-state index is 12.0. The highest BCUT2D eigenvalue weighted by molar-refractivity contribution is 5.82. The van der Waals surface area contributed by atoms with Gasteiger partial charge in [-0.1, -0.05) is 0 Å². The summed E-state index contributed by atoms with van der Waals surface area (Å²) in [5, 5.41) is 12.9. The number of urea groups is 1. The Hall–Kier alpha value is -1.51. The second kappa shape index (κ2) is 7.82. The van der Waals surface area contributed by atoms with Gasteiger partial charge in [-0.3, -0.25) is 0 Å². The van der Waals surface area contributed by atoms with Crippen molar-refractivity contribution in [3.63, 3.8) is 0 Å². The molecule has 0 fully saturated rings. The van der Waals surface area contributed by atoms with Gasteiger partial charge in [0.1, 0.15) is 6.04 Å². The summed E-state index contributed by atoms with van der Waals surface area (Å²) < 4.78 is 40.8. The Morgan fingerprint density at radius 3 is 2.32 bits per heavy atom. The number of halogens is 3. The Morgan fingerprint density at radius 1 is 1.32 bits per heavy atom. The summed E-state index contributed by atoms with van der Waals surface area (Å²) in [7, 11) is 1.37. The fraction of sp³-hybridized carbons (Fsp3) is 0.800. The van der Waals surface area contributed by atoms with Gasteiger partial charge in [-0.15, -0.1) is 0 Å². The second-order valence-electron chi connectivity index (χ2n) is 4.01. The molecule has 2 atom stereocenters. The first kappa shape index (κ1) is 17.5. The third-order valence-electron chi connectivity index (χ3n) is 2.13. The number of carboxylic acid groups (broad SMARTS) is 1. The number of rotatable bonds is 7. The van der Waals surface area contributed by atoms with Gasteiger partial charge in [-0.2, -0.15) is 13.2 Å². The Kier molecular flexibility index (Phi) is 7.20. The molecule has 0 aliphatic carbocycles. The van der Waals surface area contributed by atoms with Crippen molar-refractivity contribution in [2.24, 2.45) is 0 Å². The first-order chi connectivity index (χ1) is 8.65. The van der Waals surface area contributed by atoms with Crippen LogP contribution >= 0.6 is 0 Å². The fourth-order valence-electron chi connectivity index (χ4n) is 1.32. The number of amides is 2. The molecule has 2 amide bonds. The average Bonchev–Trinajstić information content (AvgIpc) is 2.20. The molecule has 0 saturated heterocycles. The molecule has 3 N–H and O–H groups in total. The van der Waals surface area contributed by atoms with E-state index in [0.717, 1.165) is 0 Å². The van der Waals surface area contributed by atoms with Gasteiger partial charge in [0.05, 0.1) is 6.42 Å².